The molecule has 1 aliphatic rings. The average molecular weight is 288 g/mol. The summed E-state index contributed by atoms with van der Waals surface area (Å²) in [5.74, 6) is 1.51. The van der Waals surface area contributed by atoms with Crippen LogP contribution < -0.4 is 15.2 Å². The maximum Gasteiger partial charge on any atom is 0.231 e. The first-order valence-electron chi connectivity index (χ1n) is 5.24. The largest absolute Gasteiger partial charge is 0.506 e. The van der Waals surface area contributed by atoms with Gasteiger partial charge in [0.05, 0.1) is 0 Å². The molecule has 1 heterocycles. The number of benzene rings is 1. The number of hydrogen-bond acceptors (Lipinski definition) is 4. The third-order valence-electron chi connectivity index (χ3n) is 2.56. The van der Waals surface area contributed by atoms with E-state index in [4.69, 9.17) is 15.2 Å². The molecule has 0 aromatic heterocycles. The molecule has 0 aliphatic carbocycles. The van der Waals surface area contributed by atoms with Crippen LogP contribution in [0.1, 0.15) is 18.4 Å². The van der Waals surface area contributed by atoms with Gasteiger partial charge in [-0.2, -0.15) is 0 Å². The maximum absolute atomic E-state index is 9.95. The van der Waals surface area contributed by atoms with Crippen LogP contribution in [0.5, 0.6) is 17.2 Å². The molecule has 0 spiro atoms. The Morgan fingerprint density at radius 2 is 2.19 bits per heavy atom. The van der Waals surface area contributed by atoms with Crippen molar-refractivity contribution in [2.45, 2.75) is 19.3 Å². The molecule has 0 saturated carbocycles. The Labute approximate surface area is 102 Å². The van der Waals surface area contributed by atoms with Crippen LogP contribution in [0, 0.1) is 0 Å². The Morgan fingerprint density at radius 1 is 1.38 bits per heavy atom. The Bertz CT molecular complexity index is 395. The van der Waals surface area contributed by atoms with Crippen LogP contribution in [0.3, 0.4) is 0 Å². The van der Waals surface area contributed by atoms with Gasteiger partial charge >= 0.3 is 0 Å². The number of nitrogens with two attached hydrogens (primary N) is 1. The summed E-state index contributed by atoms with van der Waals surface area (Å²) in [5.41, 5.74) is 6.30. The van der Waals surface area contributed by atoms with E-state index in [2.05, 4.69) is 15.9 Å². The number of phenols is 1. The molecule has 0 saturated heterocycles. The van der Waals surface area contributed by atoms with Crippen molar-refractivity contribution in [3.8, 4) is 17.2 Å². The van der Waals surface area contributed by atoms with E-state index < -0.39 is 0 Å². The molecule has 0 radical (unpaired) electrons. The van der Waals surface area contributed by atoms with Gasteiger partial charge in [0.2, 0.25) is 6.79 Å². The van der Waals surface area contributed by atoms with Crippen molar-refractivity contribution < 1.29 is 14.6 Å². The van der Waals surface area contributed by atoms with E-state index >= 15 is 0 Å². The summed E-state index contributed by atoms with van der Waals surface area (Å²) in [4.78, 5) is 0. The lowest BCUT2D eigenvalue weighted by molar-refractivity contribution is 0.173. The summed E-state index contributed by atoms with van der Waals surface area (Å²) in [6.45, 7) is 0.881. The highest BCUT2D eigenvalue weighted by atomic mass is 79.9. The summed E-state index contributed by atoms with van der Waals surface area (Å²) in [6.07, 6.45) is 2.69. The van der Waals surface area contributed by atoms with Crippen LogP contribution in [-0.4, -0.2) is 18.4 Å². The summed E-state index contributed by atoms with van der Waals surface area (Å²) in [6, 6.07) is 1.83. The fraction of sp³-hybridized carbons (Fsp3) is 0.455. The molecule has 1 aliphatic heterocycles. The van der Waals surface area contributed by atoms with E-state index in [0.717, 1.165) is 24.8 Å². The zero-order valence-electron chi connectivity index (χ0n) is 8.83. The van der Waals surface area contributed by atoms with Gasteiger partial charge in [0.15, 0.2) is 11.5 Å². The first-order valence-corrected chi connectivity index (χ1v) is 6.03. The quantitative estimate of drug-likeness (QED) is 0.833. The molecule has 88 valence electrons. The van der Waals surface area contributed by atoms with Crippen molar-refractivity contribution >= 4 is 15.9 Å². The summed E-state index contributed by atoms with van der Waals surface area (Å²) in [7, 11) is 0. The number of fused-ring (bicyclic) bond motifs is 1. The SMILES string of the molecule is NCCCCc1cc2c(c(Br)c1O)OCO2. The highest BCUT2D eigenvalue weighted by Gasteiger charge is 2.22. The van der Waals surface area contributed by atoms with Crippen LogP contribution in [0.2, 0.25) is 0 Å². The van der Waals surface area contributed by atoms with Crippen LogP contribution in [0.4, 0.5) is 0 Å². The molecule has 16 heavy (non-hydrogen) atoms. The number of aryl methyl sites for hydroxylation is 1. The van der Waals surface area contributed by atoms with Crippen molar-refractivity contribution in [2.75, 3.05) is 13.3 Å². The zero-order valence-corrected chi connectivity index (χ0v) is 10.4. The fourth-order valence-corrected chi connectivity index (χ4v) is 2.26. The van der Waals surface area contributed by atoms with Gasteiger partial charge in [0.25, 0.3) is 0 Å². The standard InChI is InChI=1S/C11H14BrNO3/c12-9-10(14)7(3-1-2-4-13)5-8-11(9)16-6-15-8/h5,14H,1-4,6,13H2. The lowest BCUT2D eigenvalue weighted by Crippen LogP contribution is -1.99. The van der Waals surface area contributed by atoms with Crippen LogP contribution >= 0.6 is 15.9 Å². The van der Waals surface area contributed by atoms with Gasteiger partial charge in [-0.1, -0.05) is 0 Å². The highest BCUT2D eigenvalue weighted by molar-refractivity contribution is 9.10. The molecule has 0 bridgehead atoms. The van der Waals surface area contributed by atoms with Crippen molar-refractivity contribution in [1.29, 1.82) is 0 Å². The van der Waals surface area contributed by atoms with Gasteiger partial charge in [-0.15, -0.1) is 0 Å². The molecule has 4 nitrogen and oxygen atoms in total. The van der Waals surface area contributed by atoms with E-state index in [1.54, 1.807) is 0 Å². The predicted octanol–water partition coefficient (Wildman–Crippen LogP) is 2.16. The van der Waals surface area contributed by atoms with Crippen molar-refractivity contribution in [3.63, 3.8) is 0 Å². The molecule has 3 N–H and O–H groups in total. The third-order valence-corrected chi connectivity index (χ3v) is 3.29. The van der Waals surface area contributed by atoms with Gasteiger partial charge in [-0.25, -0.2) is 0 Å². The summed E-state index contributed by atoms with van der Waals surface area (Å²) >= 11 is 3.31. The van der Waals surface area contributed by atoms with Gasteiger partial charge in [-0.3, -0.25) is 0 Å². The number of aromatic hydroxyl groups is 1. The monoisotopic (exact) mass is 287 g/mol. The lowest BCUT2D eigenvalue weighted by Gasteiger charge is -2.08. The minimum Gasteiger partial charge on any atom is -0.506 e. The molecule has 2 rings (SSSR count). The summed E-state index contributed by atoms with van der Waals surface area (Å²) < 4.78 is 11.1. The van der Waals surface area contributed by atoms with Gasteiger partial charge in [0.1, 0.15) is 10.2 Å². The second kappa shape index (κ2) is 4.93. The molecule has 1 aromatic carbocycles. The molecular formula is C11H14BrNO3. The smallest absolute Gasteiger partial charge is 0.231 e. The Kier molecular flexibility index (Phi) is 3.56. The Hall–Kier alpha value is -0.940. The maximum atomic E-state index is 9.95. The first-order chi connectivity index (χ1) is 7.74. The molecular weight excluding hydrogens is 274 g/mol. The number of halogens is 1. The number of rotatable bonds is 4. The molecule has 5 heteroatoms. The highest BCUT2D eigenvalue weighted by Crippen LogP contribution is 2.46. The lowest BCUT2D eigenvalue weighted by atomic mass is 10.1. The molecule has 0 amide bonds. The van der Waals surface area contributed by atoms with E-state index in [1.807, 2.05) is 6.07 Å². The number of hydrogen-bond donors (Lipinski definition) is 2. The number of unbranched alkanes of at least 4 members (excludes halogenated alkanes) is 1. The normalized spacial score (nSPS) is 13.1. The molecule has 1 aromatic rings. The van der Waals surface area contributed by atoms with Gasteiger partial charge in [-0.05, 0) is 53.4 Å². The van der Waals surface area contributed by atoms with Gasteiger partial charge in [0, 0.05) is 0 Å². The van der Waals surface area contributed by atoms with E-state index in [1.165, 1.54) is 0 Å². The Morgan fingerprint density at radius 3 is 2.94 bits per heavy atom. The third kappa shape index (κ3) is 2.10. The van der Waals surface area contributed by atoms with E-state index in [-0.39, 0.29) is 12.5 Å². The Balaban J connectivity index is 2.22. The first kappa shape index (κ1) is 11.5. The summed E-state index contributed by atoms with van der Waals surface area (Å²) in [5, 5.41) is 9.95. The van der Waals surface area contributed by atoms with Crippen molar-refractivity contribution in [1.82, 2.24) is 0 Å². The molecule has 0 unspecified atom stereocenters. The fourth-order valence-electron chi connectivity index (χ4n) is 1.69. The second-order valence-electron chi connectivity index (χ2n) is 3.68. The van der Waals surface area contributed by atoms with Crippen LogP contribution in [0.15, 0.2) is 10.5 Å². The van der Waals surface area contributed by atoms with Crippen molar-refractivity contribution in [2.24, 2.45) is 5.73 Å². The average Bonchev–Trinajstić information content (AvgIpc) is 2.73. The topological polar surface area (TPSA) is 64.7 Å². The van der Waals surface area contributed by atoms with Crippen molar-refractivity contribution in [3.05, 3.63) is 16.1 Å². The number of ether oxygens (including phenoxy) is 2. The molecule has 0 atom stereocenters. The molecule has 0 fully saturated rings. The predicted molar refractivity (Wildman–Crippen MR) is 63.9 cm³/mol. The van der Waals surface area contributed by atoms with Crippen LogP contribution in [0.25, 0.3) is 0 Å². The van der Waals surface area contributed by atoms with E-state index in [9.17, 15) is 5.11 Å². The van der Waals surface area contributed by atoms with Crippen LogP contribution in [-0.2, 0) is 6.42 Å². The minimum absolute atomic E-state index is 0.208. The second-order valence-corrected chi connectivity index (χ2v) is 4.47. The van der Waals surface area contributed by atoms with Gasteiger partial charge < -0.3 is 20.3 Å². The van der Waals surface area contributed by atoms with E-state index in [0.29, 0.717) is 22.5 Å². The zero-order chi connectivity index (χ0) is 11.5. The minimum atomic E-state index is 0.208. The number of phenolic OH excluding ortho intramolecular Hbond substituents is 1.